The van der Waals surface area contributed by atoms with Crippen LogP contribution in [-0.4, -0.2) is 30.0 Å². The Hall–Kier alpha value is -2.63. The molecule has 0 fully saturated rings. The van der Waals surface area contributed by atoms with Gasteiger partial charge in [-0.15, -0.1) is 0 Å². The summed E-state index contributed by atoms with van der Waals surface area (Å²) in [6.45, 7) is 21.6. The summed E-state index contributed by atoms with van der Waals surface area (Å²) in [5.41, 5.74) is 6.34. The van der Waals surface area contributed by atoms with Crippen LogP contribution in [0.2, 0.25) is 0 Å². The Bertz CT molecular complexity index is 1400. The van der Waals surface area contributed by atoms with Crippen molar-refractivity contribution in [3.8, 4) is 17.2 Å². The van der Waals surface area contributed by atoms with Crippen molar-refractivity contribution in [2.45, 2.75) is 188 Å². The van der Waals surface area contributed by atoms with Gasteiger partial charge in [-0.1, -0.05) is 183 Å². The summed E-state index contributed by atoms with van der Waals surface area (Å²) in [5.74, 6) is 1.20. The van der Waals surface area contributed by atoms with Gasteiger partial charge in [0.25, 0.3) is 0 Å². The number of unbranched alkanes of at least 4 members (excludes halogenated alkanes) is 12. The first-order valence-electron chi connectivity index (χ1n) is 20.6. The minimum absolute atomic E-state index is 0.123. The van der Waals surface area contributed by atoms with E-state index in [1.807, 2.05) is 24.3 Å². The van der Waals surface area contributed by atoms with E-state index in [4.69, 9.17) is 14.7 Å². The SMILES string of the molecule is CC(C)(C)c1cc(C(C)(C)c2ccc(O)c(C(C)(C)C)c2)ccc1O.CCCCCCCCCc1cccc(O)c1CCCCCCCCC.OP(O)O. The zero-order chi connectivity index (χ0) is 41.0. The van der Waals surface area contributed by atoms with Crippen LogP contribution in [0.15, 0.2) is 54.6 Å². The van der Waals surface area contributed by atoms with Crippen molar-refractivity contribution in [2.75, 3.05) is 0 Å². The van der Waals surface area contributed by atoms with Crippen LogP contribution >= 0.6 is 8.60 Å². The summed E-state index contributed by atoms with van der Waals surface area (Å²) in [7, 11) is -2.62. The van der Waals surface area contributed by atoms with Gasteiger partial charge in [0.15, 0.2) is 0 Å². The number of aryl methyl sites for hydroxylation is 1. The van der Waals surface area contributed by atoms with Gasteiger partial charge in [0.1, 0.15) is 17.2 Å². The first-order chi connectivity index (χ1) is 25.3. The molecule has 6 nitrogen and oxygen atoms in total. The van der Waals surface area contributed by atoms with Crippen LogP contribution in [0.5, 0.6) is 17.2 Å². The summed E-state index contributed by atoms with van der Waals surface area (Å²) < 4.78 is 0. The van der Waals surface area contributed by atoms with Crippen molar-refractivity contribution >= 4 is 8.60 Å². The first-order valence-corrected chi connectivity index (χ1v) is 21.8. The fourth-order valence-corrected chi connectivity index (χ4v) is 6.89. The molecule has 306 valence electrons. The Morgan fingerprint density at radius 3 is 1.22 bits per heavy atom. The second kappa shape index (κ2) is 24.8. The topological polar surface area (TPSA) is 121 Å². The molecule has 3 aromatic carbocycles. The zero-order valence-electron chi connectivity index (χ0n) is 35.6. The Morgan fingerprint density at radius 1 is 0.463 bits per heavy atom. The Balaban J connectivity index is 0.000000491. The molecule has 3 rings (SSSR count). The van der Waals surface area contributed by atoms with Gasteiger partial charge in [0.05, 0.1) is 0 Å². The molecule has 0 spiro atoms. The fourth-order valence-electron chi connectivity index (χ4n) is 6.89. The molecule has 0 aromatic heterocycles. The highest BCUT2D eigenvalue weighted by Gasteiger charge is 2.29. The minimum atomic E-state index is -2.62. The van der Waals surface area contributed by atoms with E-state index in [1.165, 1.54) is 101 Å². The fraction of sp³-hybridized carbons (Fsp3) is 0.617. The molecule has 0 aliphatic rings. The van der Waals surface area contributed by atoms with E-state index in [1.54, 1.807) is 12.1 Å². The van der Waals surface area contributed by atoms with Crippen LogP contribution in [0.25, 0.3) is 0 Å². The van der Waals surface area contributed by atoms with Crippen molar-refractivity contribution < 1.29 is 30.0 Å². The van der Waals surface area contributed by atoms with Crippen LogP contribution in [0.1, 0.15) is 193 Å². The van der Waals surface area contributed by atoms with Crippen molar-refractivity contribution in [3.05, 3.63) is 88.0 Å². The number of aromatic hydroxyl groups is 3. The summed E-state index contributed by atoms with van der Waals surface area (Å²) >= 11 is 0. The summed E-state index contributed by atoms with van der Waals surface area (Å²) in [4.78, 5) is 21.7. The molecule has 0 bridgehead atoms. The van der Waals surface area contributed by atoms with Crippen molar-refractivity contribution in [1.29, 1.82) is 0 Å². The second-order valence-electron chi connectivity index (χ2n) is 17.5. The van der Waals surface area contributed by atoms with E-state index in [0.29, 0.717) is 17.2 Å². The third kappa shape index (κ3) is 18.3. The molecule has 0 aliphatic heterocycles. The molecule has 0 saturated carbocycles. The molecule has 0 aliphatic carbocycles. The predicted molar refractivity (Wildman–Crippen MR) is 231 cm³/mol. The van der Waals surface area contributed by atoms with Crippen LogP contribution in [0.3, 0.4) is 0 Å². The lowest BCUT2D eigenvalue weighted by Gasteiger charge is -2.31. The van der Waals surface area contributed by atoms with Gasteiger partial charge in [-0.3, -0.25) is 0 Å². The maximum absolute atomic E-state index is 10.3. The van der Waals surface area contributed by atoms with Crippen molar-refractivity contribution in [2.24, 2.45) is 0 Å². The van der Waals surface area contributed by atoms with Crippen molar-refractivity contribution in [3.63, 3.8) is 0 Å². The lowest BCUT2D eigenvalue weighted by molar-refractivity contribution is 0.368. The van der Waals surface area contributed by atoms with E-state index in [-0.39, 0.29) is 16.2 Å². The highest BCUT2D eigenvalue weighted by Crippen LogP contribution is 2.40. The van der Waals surface area contributed by atoms with Crippen LogP contribution in [-0.2, 0) is 29.1 Å². The average molecular weight is 769 g/mol. The lowest BCUT2D eigenvalue weighted by atomic mass is 9.73. The third-order valence-electron chi connectivity index (χ3n) is 10.4. The molecular formula is C47H77O6P. The second-order valence-corrected chi connectivity index (χ2v) is 18.1. The molecule has 0 atom stereocenters. The zero-order valence-corrected chi connectivity index (χ0v) is 36.5. The predicted octanol–water partition coefficient (Wildman–Crippen LogP) is 13.2. The smallest absolute Gasteiger partial charge is 0.324 e. The summed E-state index contributed by atoms with van der Waals surface area (Å²) in [6.07, 6.45) is 21.0. The average Bonchev–Trinajstić information content (AvgIpc) is 3.07. The molecule has 3 aromatic rings. The summed E-state index contributed by atoms with van der Waals surface area (Å²) in [5, 5.41) is 30.8. The number of hydrogen-bond acceptors (Lipinski definition) is 6. The van der Waals surface area contributed by atoms with E-state index in [0.717, 1.165) is 35.1 Å². The molecular weight excluding hydrogens is 691 g/mol. The molecule has 0 radical (unpaired) electrons. The number of phenols is 3. The van der Waals surface area contributed by atoms with Gasteiger partial charge in [-0.05, 0) is 88.1 Å². The van der Waals surface area contributed by atoms with Gasteiger partial charge < -0.3 is 30.0 Å². The van der Waals surface area contributed by atoms with Crippen molar-refractivity contribution in [1.82, 2.24) is 0 Å². The quantitative estimate of drug-likeness (QED) is 0.0566. The van der Waals surface area contributed by atoms with Crippen LogP contribution in [0, 0.1) is 0 Å². The van der Waals surface area contributed by atoms with Gasteiger partial charge in [-0.2, -0.15) is 0 Å². The highest BCUT2D eigenvalue weighted by molar-refractivity contribution is 7.38. The Kier molecular flexibility index (Phi) is 22.7. The maximum Gasteiger partial charge on any atom is 0.324 e. The first kappa shape index (κ1) is 49.4. The van der Waals surface area contributed by atoms with E-state index < -0.39 is 8.60 Å². The molecule has 54 heavy (non-hydrogen) atoms. The minimum Gasteiger partial charge on any atom is -0.508 e. The Morgan fingerprint density at radius 2 is 0.833 bits per heavy atom. The monoisotopic (exact) mass is 769 g/mol. The molecule has 0 amide bonds. The van der Waals surface area contributed by atoms with Gasteiger partial charge in [-0.25, -0.2) is 0 Å². The summed E-state index contributed by atoms with van der Waals surface area (Å²) in [6, 6.07) is 17.9. The largest absolute Gasteiger partial charge is 0.508 e. The number of hydrogen-bond donors (Lipinski definition) is 6. The van der Waals surface area contributed by atoms with Crippen LogP contribution in [0.4, 0.5) is 0 Å². The van der Waals surface area contributed by atoms with E-state index in [2.05, 4.69) is 87.4 Å². The van der Waals surface area contributed by atoms with Crippen LogP contribution < -0.4 is 0 Å². The van der Waals surface area contributed by atoms with E-state index >= 15 is 0 Å². The Labute approximate surface area is 331 Å². The standard InChI is InChI=1S/C24H42O.C23H32O2.H3O3P/c1-3-5-7-9-11-13-15-18-22-19-17-21-24(25)23(22)20-16-14-12-10-8-6-4-2;1-21(2,3)17-13-15(9-11-19(17)24)23(7,8)16-10-12-20(25)18(14-16)22(4,5)6;1-4(2)3/h17,19,21,25H,3-16,18,20H2,1-2H3;9-14,24-25H,1-8H3;1-3H. The number of rotatable bonds is 18. The molecule has 7 heteroatoms. The maximum atomic E-state index is 10.3. The molecule has 0 unspecified atom stereocenters. The lowest BCUT2D eigenvalue weighted by Crippen LogP contribution is -2.22. The molecule has 6 N–H and O–H groups in total. The van der Waals surface area contributed by atoms with Gasteiger partial charge >= 0.3 is 8.60 Å². The normalized spacial score (nSPS) is 11.9. The number of phenolic OH excluding ortho intramolecular Hbond substituents is 3. The van der Waals surface area contributed by atoms with Gasteiger partial charge in [0.2, 0.25) is 0 Å². The third-order valence-corrected chi connectivity index (χ3v) is 10.4. The van der Waals surface area contributed by atoms with Gasteiger partial charge in [0, 0.05) is 5.41 Å². The number of benzene rings is 3. The molecule has 0 saturated heterocycles. The molecule has 0 heterocycles. The van der Waals surface area contributed by atoms with E-state index in [9.17, 15) is 15.3 Å². The highest BCUT2D eigenvalue weighted by atomic mass is 31.2.